The quantitative estimate of drug-likeness (QED) is 0.243. The molecule has 2 aromatic rings. The molecule has 0 aromatic heterocycles. The second-order valence-corrected chi connectivity index (χ2v) is 7.35. The minimum absolute atomic E-state index is 0.00315. The molecule has 0 amide bonds. The molecule has 1 aliphatic rings. The molecule has 9 heteroatoms. The van der Waals surface area contributed by atoms with E-state index < -0.39 is 11.0 Å². The predicted molar refractivity (Wildman–Crippen MR) is 121 cm³/mol. The van der Waals surface area contributed by atoms with E-state index in [4.69, 9.17) is 4.74 Å². The van der Waals surface area contributed by atoms with Gasteiger partial charge in [-0.15, -0.1) is 0 Å². The maximum atomic E-state index is 10.7. The third-order valence-corrected chi connectivity index (χ3v) is 4.94. The predicted octanol–water partition coefficient (Wildman–Crippen LogP) is 2.17. The highest BCUT2D eigenvalue weighted by Crippen LogP contribution is 2.20. The second kappa shape index (κ2) is 11.2. The van der Waals surface area contributed by atoms with Gasteiger partial charge in [0.1, 0.15) is 18.5 Å². The van der Waals surface area contributed by atoms with Crippen LogP contribution in [0.1, 0.15) is 13.3 Å². The first kappa shape index (κ1) is 22.4. The number of guanidine groups is 1. The number of aliphatic hydroxyl groups is 1. The van der Waals surface area contributed by atoms with Gasteiger partial charge in [0.2, 0.25) is 0 Å². The topological polar surface area (TPSA) is 112 Å². The number of nitrogens with one attached hydrogen (secondary N) is 2. The van der Waals surface area contributed by atoms with Crippen molar-refractivity contribution in [3.8, 4) is 5.75 Å². The number of hydrogen-bond donors (Lipinski definition) is 3. The van der Waals surface area contributed by atoms with Crippen molar-refractivity contribution in [1.29, 1.82) is 0 Å². The molecule has 1 heterocycles. The Morgan fingerprint density at radius 2 is 2.03 bits per heavy atom. The molecule has 0 spiro atoms. The molecule has 166 valence electrons. The Balaban J connectivity index is 1.47. The van der Waals surface area contributed by atoms with Crippen molar-refractivity contribution >= 4 is 17.3 Å². The zero-order chi connectivity index (χ0) is 22.1. The Morgan fingerprint density at radius 1 is 1.29 bits per heavy atom. The minimum Gasteiger partial charge on any atom is -0.491 e. The summed E-state index contributed by atoms with van der Waals surface area (Å²) in [6.07, 6.45) is 0.209. The summed E-state index contributed by atoms with van der Waals surface area (Å²) in [4.78, 5) is 17.0. The van der Waals surface area contributed by atoms with Crippen LogP contribution in [0, 0.1) is 10.1 Å². The number of aliphatic hydroxyl groups excluding tert-OH is 1. The molecule has 0 aliphatic carbocycles. The summed E-state index contributed by atoms with van der Waals surface area (Å²) < 4.78 is 5.50. The molecule has 3 rings (SSSR count). The lowest BCUT2D eigenvalue weighted by Gasteiger charge is -2.20. The monoisotopic (exact) mass is 427 g/mol. The van der Waals surface area contributed by atoms with Gasteiger partial charge in [-0.25, -0.2) is 0 Å². The summed E-state index contributed by atoms with van der Waals surface area (Å²) in [5.41, 5.74) is 1.21. The fourth-order valence-corrected chi connectivity index (χ4v) is 3.37. The maximum absolute atomic E-state index is 10.7. The van der Waals surface area contributed by atoms with Crippen LogP contribution in [0.2, 0.25) is 0 Å². The Labute approximate surface area is 181 Å². The third-order valence-electron chi connectivity index (χ3n) is 4.94. The number of nitrogens with zero attached hydrogens (tertiary/aromatic N) is 3. The highest BCUT2D eigenvalue weighted by molar-refractivity contribution is 5.80. The van der Waals surface area contributed by atoms with Crippen molar-refractivity contribution in [1.82, 2.24) is 10.6 Å². The van der Waals surface area contributed by atoms with Gasteiger partial charge >= 0.3 is 0 Å². The molecule has 1 aliphatic heterocycles. The fraction of sp³-hybridized carbons (Fsp3) is 0.409. The van der Waals surface area contributed by atoms with Gasteiger partial charge in [-0.05, 0) is 37.6 Å². The van der Waals surface area contributed by atoms with Crippen LogP contribution in [0.3, 0.4) is 0 Å². The standard InChI is InChI=1S/C22H29N5O4/c1-2-23-22(25-17-12-13-26(15-17)18-6-4-3-5-7-18)24-14-20(28)16-31-21-10-8-19(9-11-21)27(29)30/h3-11,17,20,28H,2,12-16H2,1H3,(H2,23,24,25). The van der Waals surface area contributed by atoms with Gasteiger partial charge in [0, 0.05) is 43.5 Å². The number of para-hydroxylation sites is 1. The lowest BCUT2D eigenvalue weighted by Crippen LogP contribution is -2.45. The van der Waals surface area contributed by atoms with Gasteiger partial charge in [0.15, 0.2) is 5.96 Å². The van der Waals surface area contributed by atoms with E-state index in [2.05, 4.69) is 32.7 Å². The van der Waals surface area contributed by atoms with Gasteiger partial charge in [-0.3, -0.25) is 15.1 Å². The maximum Gasteiger partial charge on any atom is 0.269 e. The zero-order valence-electron chi connectivity index (χ0n) is 17.6. The summed E-state index contributed by atoms with van der Waals surface area (Å²) >= 11 is 0. The van der Waals surface area contributed by atoms with Crippen molar-refractivity contribution < 1.29 is 14.8 Å². The van der Waals surface area contributed by atoms with Crippen molar-refractivity contribution in [3.63, 3.8) is 0 Å². The Kier molecular flexibility index (Phi) is 8.05. The van der Waals surface area contributed by atoms with E-state index in [1.807, 2.05) is 25.1 Å². The van der Waals surface area contributed by atoms with E-state index in [0.29, 0.717) is 11.7 Å². The first-order chi connectivity index (χ1) is 15.0. The minimum atomic E-state index is -0.796. The number of nitro groups is 1. The average Bonchev–Trinajstić information content (AvgIpc) is 3.25. The number of benzene rings is 2. The molecule has 0 saturated carbocycles. The lowest BCUT2D eigenvalue weighted by atomic mass is 10.2. The van der Waals surface area contributed by atoms with Crippen LogP contribution in [0.5, 0.6) is 5.75 Å². The summed E-state index contributed by atoms with van der Waals surface area (Å²) in [7, 11) is 0. The second-order valence-electron chi connectivity index (χ2n) is 7.35. The first-order valence-electron chi connectivity index (χ1n) is 10.5. The Morgan fingerprint density at radius 3 is 2.71 bits per heavy atom. The number of hydrogen-bond acceptors (Lipinski definition) is 6. The Bertz CT molecular complexity index is 860. The fourth-order valence-electron chi connectivity index (χ4n) is 3.37. The summed E-state index contributed by atoms with van der Waals surface area (Å²) in [6, 6.07) is 16.4. The van der Waals surface area contributed by atoms with Gasteiger partial charge in [-0.2, -0.15) is 0 Å². The lowest BCUT2D eigenvalue weighted by molar-refractivity contribution is -0.384. The molecule has 2 atom stereocenters. The highest BCUT2D eigenvalue weighted by Gasteiger charge is 2.23. The molecule has 0 radical (unpaired) electrons. The molecular weight excluding hydrogens is 398 g/mol. The SMILES string of the molecule is CCNC(=NCC(O)COc1ccc([N+](=O)[O-])cc1)NC1CCN(c2ccccc2)C1. The van der Waals surface area contributed by atoms with Crippen molar-refractivity contribution in [2.75, 3.05) is 37.7 Å². The number of aliphatic imine (C=N–C) groups is 1. The van der Waals surface area contributed by atoms with Crippen molar-refractivity contribution in [3.05, 3.63) is 64.7 Å². The summed E-state index contributed by atoms with van der Waals surface area (Å²) in [5, 5.41) is 27.6. The number of non-ortho nitro benzene ring substituents is 1. The zero-order valence-corrected chi connectivity index (χ0v) is 17.6. The first-order valence-corrected chi connectivity index (χ1v) is 10.5. The van der Waals surface area contributed by atoms with Gasteiger partial charge < -0.3 is 25.4 Å². The van der Waals surface area contributed by atoms with E-state index >= 15 is 0 Å². The molecule has 3 N–H and O–H groups in total. The molecule has 2 aromatic carbocycles. The number of ether oxygens (including phenoxy) is 1. The number of nitro benzene ring substituents is 1. The van der Waals surface area contributed by atoms with E-state index in [-0.39, 0.29) is 24.9 Å². The normalized spacial score (nSPS) is 17.3. The number of rotatable bonds is 9. The molecular formula is C22H29N5O4. The van der Waals surface area contributed by atoms with Gasteiger partial charge in [0.25, 0.3) is 5.69 Å². The van der Waals surface area contributed by atoms with Crippen LogP contribution in [0.4, 0.5) is 11.4 Å². The van der Waals surface area contributed by atoms with Gasteiger partial charge in [-0.1, -0.05) is 18.2 Å². The third kappa shape index (κ3) is 6.85. The van der Waals surface area contributed by atoms with Crippen LogP contribution >= 0.6 is 0 Å². The largest absolute Gasteiger partial charge is 0.491 e. The van der Waals surface area contributed by atoms with Crippen LogP contribution in [0.15, 0.2) is 59.6 Å². The van der Waals surface area contributed by atoms with Crippen LogP contribution < -0.4 is 20.3 Å². The molecule has 1 saturated heterocycles. The van der Waals surface area contributed by atoms with Crippen molar-refractivity contribution in [2.24, 2.45) is 4.99 Å². The smallest absolute Gasteiger partial charge is 0.269 e. The molecule has 31 heavy (non-hydrogen) atoms. The van der Waals surface area contributed by atoms with E-state index in [9.17, 15) is 15.2 Å². The summed E-state index contributed by atoms with van der Waals surface area (Å²) in [5.74, 6) is 1.13. The van der Waals surface area contributed by atoms with E-state index in [0.717, 1.165) is 26.1 Å². The average molecular weight is 428 g/mol. The van der Waals surface area contributed by atoms with Crippen LogP contribution in [-0.2, 0) is 0 Å². The number of anilines is 1. The molecule has 9 nitrogen and oxygen atoms in total. The summed E-state index contributed by atoms with van der Waals surface area (Å²) in [6.45, 7) is 4.81. The highest BCUT2D eigenvalue weighted by atomic mass is 16.6. The van der Waals surface area contributed by atoms with Crippen LogP contribution in [-0.4, -0.2) is 60.9 Å². The van der Waals surface area contributed by atoms with Crippen LogP contribution in [0.25, 0.3) is 0 Å². The van der Waals surface area contributed by atoms with E-state index in [1.54, 1.807) is 0 Å². The Hall–Kier alpha value is -3.33. The molecule has 0 bridgehead atoms. The molecule has 2 unspecified atom stereocenters. The molecule has 1 fully saturated rings. The van der Waals surface area contributed by atoms with Crippen molar-refractivity contribution in [2.45, 2.75) is 25.5 Å². The van der Waals surface area contributed by atoms with E-state index in [1.165, 1.54) is 30.0 Å². The van der Waals surface area contributed by atoms with Gasteiger partial charge in [0.05, 0.1) is 11.5 Å².